The highest BCUT2D eigenvalue weighted by atomic mass is 32.1. The third-order valence-electron chi connectivity index (χ3n) is 4.72. The predicted octanol–water partition coefficient (Wildman–Crippen LogP) is 0.474. The molecule has 7 nitrogen and oxygen atoms in total. The fourth-order valence-electron chi connectivity index (χ4n) is 3.69. The van der Waals surface area contributed by atoms with E-state index in [1.165, 1.54) is 0 Å². The van der Waals surface area contributed by atoms with E-state index < -0.39 is 29.3 Å². The molecule has 1 aromatic rings. The van der Waals surface area contributed by atoms with E-state index >= 15 is 0 Å². The molecule has 0 bridgehead atoms. The molecular weight excluding hydrogens is 318 g/mol. The van der Waals surface area contributed by atoms with Crippen molar-refractivity contribution in [1.82, 2.24) is 5.32 Å². The second-order valence-corrected chi connectivity index (χ2v) is 6.50. The molecule has 0 heterocycles. The van der Waals surface area contributed by atoms with Gasteiger partial charge in [0, 0.05) is 17.6 Å². The summed E-state index contributed by atoms with van der Waals surface area (Å²) in [6.45, 7) is 0. The number of benzene rings is 1. The van der Waals surface area contributed by atoms with Gasteiger partial charge in [-0.05, 0) is 36.7 Å². The van der Waals surface area contributed by atoms with Gasteiger partial charge in [0.1, 0.15) is 5.54 Å². The summed E-state index contributed by atoms with van der Waals surface area (Å²) < 4.78 is 0. The number of nitrogens with two attached hydrogens (primary N) is 1. The van der Waals surface area contributed by atoms with Crippen LogP contribution < -0.4 is 16.4 Å². The summed E-state index contributed by atoms with van der Waals surface area (Å²) in [5.41, 5.74) is 5.24. The summed E-state index contributed by atoms with van der Waals surface area (Å²) in [5, 5.41) is 24.9. The van der Waals surface area contributed by atoms with Gasteiger partial charge in [-0.25, -0.2) is 0 Å². The Hall–Kier alpha value is -2.19. The van der Waals surface area contributed by atoms with Gasteiger partial charge >= 0.3 is 11.9 Å². The highest BCUT2D eigenvalue weighted by Gasteiger charge is 2.74. The Morgan fingerprint density at radius 1 is 1.26 bits per heavy atom. The molecule has 0 aromatic heterocycles. The minimum Gasteiger partial charge on any atom is -0.481 e. The second-order valence-electron chi connectivity index (χ2n) is 6.09. The molecule has 0 aliphatic heterocycles. The highest BCUT2D eigenvalue weighted by molar-refractivity contribution is 7.80. The molecule has 3 rings (SSSR count). The Labute approximate surface area is 137 Å². The number of hydrogen-bond donors (Lipinski definition) is 5. The number of rotatable bonds is 4. The second kappa shape index (κ2) is 5.47. The zero-order valence-corrected chi connectivity index (χ0v) is 12.9. The minimum atomic E-state index is -1.52. The lowest BCUT2D eigenvalue weighted by atomic mass is 9.90. The van der Waals surface area contributed by atoms with Crippen LogP contribution in [0.15, 0.2) is 30.3 Å². The van der Waals surface area contributed by atoms with Crippen LogP contribution in [0.3, 0.4) is 0 Å². The van der Waals surface area contributed by atoms with Crippen molar-refractivity contribution in [3.63, 3.8) is 0 Å². The summed E-state index contributed by atoms with van der Waals surface area (Å²) in [5.74, 6) is -3.78. The van der Waals surface area contributed by atoms with Gasteiger partial charge < -0.3 is 26.6 Å². The van der Waals surface area contributed by atoms with Gasteiger partial charge in [0.25, 0.3) is 0 Å². The number of carbonyl (C=O) groups is 2. The summed E-state index contributed by atoms with van der Waals surface area (Å²) >= 11 is 5.23. The van der Waals surface area contributed by atoms with Gasteiger partial charge in [-0.15, -0.1) is 0 Å². The third-order valence-corrected chi connectivity index (χ3v) is 4.94. The van der Waals surface area contributed by atoms with Crippen LogP contribution in [0.5, 0.6) is 0 Å². The molecule has 2 aliphatic rings. The number of thiocarbonyl (C=S) groups is 1. The quantitative estimate of drug-likeness (QED) is 0.503. The zero-order chi connectivity index (χ0) is 16.8. The molecule has 2 saturated carbocycles. The van der Waals surface area contributed by atoms with Crippen LogP contribution in [0.2, 0.25) is 0 Å². The van der Waals surface area contributed by atoms with Gasteiger partial charge in [0.15, 0.2) is 5.11 Å². The van der Waals surface area contributed by atoms with Gasteiger partial charge in [-0.1, -0.05) is 18.2 Å². The average molecular weight is 335 g/mol. The maximum atomic E-state index is 11.5. The Kier molecular flexibility index (Phi) is 3.73. The van der Waals surface area contributed by atoms with Crippen LogP contribution >= 0.6 is 12.2 Å². The van der Waals surface area contributed by atoms with E-state index in [0.717, 1.165) is 5.69 Å². The molecular formula is C15H17N3O4S. The van der Waals surface area contributed by atoms with Gasteiger partial charge in [-0.3, -0.25) is 9.59 Å². The van der Waals surface area contributed by atoms with E-state index in [-0.39, 0.29) is 18.4 Å². The molecule has 23 heavy (non-hydrogen) atoms. The number of aliphatic carboxylic acids is 2. The maximum Gasteiger partial charge on any atom is 0.324 e. The first-order chi connectivity index (χ1) is 10.8. The molecule has 0 unspecified atom stereocenters. The first kappa shape index (κ1) is 15.7. The first-order valence-corrected chi connectivity index (χ1v) is 7.63. The standard InChI is InChI=1S/C15H17N3O4S/c16-15(13(21)22)6-8(9-10(11(9)15)12(19)20)18-14(23)17-7-4-2-1-3-5-7/h1-5,8-11H,6,16H2,(H,19,20)(H,21,22)(H2,17,18,23)/t8-,9-,10-,11-,15-/m0/s1. The van der Waals surface area contributed by atoms with Crippen LogP contribution in [0, 0.1) is 17.8 Å². The number of anilines is 1. The SMILES string of the molecule is N[C@@]1(C(=O)O)C[C@H](NC(=S)Nc2ccccc2)[C@H]2[C@H](C(=O)O)[C@H]21. The van der Waals surface area contributed by atoms with Crippen molar-refractivity contribution >= 4 is 35.0 Å². The van der Waals surface area contributed by atoms with Crippen LogP contribution in [-0.4, -0.2) is 38.8 Å². The fourth-order valence-corrected chi connectivity index (χ4v) is 3.96. The molecule has 2 aliphatic carbocycles. The Morgan fingerprint density at radius 2 is 1.91 bits per heavy atom. The smallest absolute Gasteiger partial charge is 0.324 e. The van der Waals surface area contributed by atoms with E-state index in [2.05, 4.69) is 10.6 Å². The van der Waals surface area contributed by atoms with Crippen molar-refractivity contribution in [2.45, 2.75) is 18.0 Å². The van der Waals surface area contributed by atoms with E-state index in [9.17, 15) is 19.8 Å². The predicted molar refractivity (Wildman–Crippen MR) is 86.9 cm³/mol. The van der Waals surface area contributed by atoms with Crippen LogP contribution in [0.25, 0.3) is 0 Å². The molecule has 2 fully saturated rings. The van der Waals surface area contributed by atoms with E-state index in [1.54, 1.807) is 0 Å². The summed E-state index contributed by atoms with van der Waals surface area (Å²) in [7, 11) is 0. The lowest BCUT2D eigenvalue weighted by molar-refractivity contribution is -0.145. The van der Waals surface area contributed by atoms with Crippen molar-refractivity contribution in [3.8, 4) is 0 Å². The largest absolute Gasteiger partial charge is 0.481 e. The number of carboxylic acid groups (broad SMARTS) is 2. The lowest BCUT2D eigenvalue weighted by Crippen LogP contribution is -2.52. The molecule has 8 heteroatoms. The first-order valence-electron chi connectivity index (χ1n) is 7.22. The lowest BCUT2D eigenvalue weighted by Gasteiger charge is -2.25. The van der Waals surface area contributed by atoms with Crippen molar-refractivity contribution in [2.24, 2.45) is 23.5 Å². The summed E-state index contributed by atoms with van der Waals surface area (Å²) in [6, 6.07) is 8.90. The molecule has 0 spiro atoms. The molecule has 0 saturated heterocycles. The number of para-hydroxylation sites is 1. The van der Waals surface area contributed by atoms with Gasteiger partial charge in [-0.2, -0.15) is 0 Å². The van der Waals surface area contributed by atoms with Crippen molar-refractivity contribution in [1.29, 1.82) is 0 Å². The Balaban J connectivity index is 1.70. The monoisotopic (exact) mass is 335 g/mol. The van der Waals surface area contributed by atoms with Crippen LogP contribution in [-0.2, 0) is 9.59 Å². The van der Waals surface area contributed by atoms with Crippen LogP contribution in [0.1, 0.15) is 6.42 Å². The normalized spacial score (nSPS) is 34.3. The average Bonchev–Trinajstić information content (AvgIpc) is 3.17. The van der Waals surface area contributed by atoms with Crippen molar-refractivity contribution in [2.75, 3.05) is 5.32 Å². The molecule has 122 valence electrons. The molecule has 6 N–H and O–H groups in total. The topological polar surface area (TPSA) is 125 Å². The minimum absolute atomic E-state index is 0.151. The number of hydrogen-bond acceptors (Lipinski definition) is 4. The molecule has 0 radical (unpaired) electrons. The van der Waals surface area contributed by atoms with E-state index in [4.69, 9.17) is 18.0 Å². The fraction of sp³-hybridized carbons (Fsp3) is 0.400. The number of fused-ring (bicyclic) bond motifs is 1. The van der Waals surface area contributed by atoms with Crippen molar-refractivity contribution in [3.05, 3.63) is 30.3 Å². The highest BCUT2D eigenvalue weighted by Crippen LogP contribution is 2.61. The molecule has 0 amide bonds. The third kappa shape index (κ3) is 2.64. The maximum absolute atomic E-state index is 11.5. The summed E-state index contributed by atoms with van der Waals surface area (Å²) in [4.78, 5) is 22.7. The van der Waals surface area contributed by atoms with Crippen LogP contribution in [0.4, 0.5) is 5.69 Å². The van der Waals surface area contributed by atoms with Gasteiger partial charge in [0.05, 0.1) is 5.92 Å². The number of nitrogens with one attached hydrogen (secondary N) is 2. The van der Waals surface area contributed by atoms with Gasteiger partial charge in [0.2, 0.25) is 0 Å². The number of carboxylic acids is 2. The molecule has 1 aromatic carbocycles. The van der Waals surface area contributed by atoms with Crippen molar-refractivity contribution < 1.29 is 19.8 Å². The summed E-state index contributed by atoms with van der Waals surface area (Å²) in [6.07, 6.45) is 0.151. The zero-order valence-electron chi connectivity index (χ0n) is 12.1. The van der Waals surface area contributed by atoms with E-state index in [1.807, 2.05) is 30.3 Å². The Bertz CT molecular complexity index is 668. The molecule has 5 atom stereocenters. The van der Waals surface area contributed by atoms with E-state index in [0.29, 0.717) is 5.11 Å². The Morgan fingerprint density at radius 3 is 2.48 bits per heavy atom.